The normalized spacial score (nSPS) is 13.5. The molecule has 16 aromatic rings. The molecular formula is C76H50N6OPt-2. The van der Waals surface area contributed by atoms with Crippen molar-refractivity contribution in [2.45, 2.75) is 26.2 Å². The first kappa shape index (κ1) is 41.9. The Labute approximate surface area is 510 Å². The monoisotopic (exact) mass is 1270 g/mol. The number of para-hydroxylation sites is 6. The number of hydrogen-bond acceptors (Lipinski definition) is 2. The van der Waals surface area contributed by atoms with Gasteiger partial charge in [-0.25, -0.2) is 4.98 Å². The van der Waals surface area contributed by atoms with Crippen molar-refractivity contribution in [3.05, 3.63) is 273 Å². The number of rotatable bonds is 6. The summed E-state index contributed by atoms with van der Waals surface area (Å²) in [4.78, 5) is 4.90. The Morgan fingerprint density at radius 2 is 0.988 bits per heavy atom. The molecule has 8 heteroatoms. The van der Waals surface area contributed by atoms with Crippen LogP contribution in [0, 0.1) is 18.5 Å². The Morgan fingerprint density at radius 3 is 1.60 bits per heavy atom. The van der Waals surface area contributed by atoms with Crippen molar-refractivity contribution in [1.82, 2.24) is 23.3 Å². The molecular weight excluding hydrogens is 1210 g/mol. The zero-order valence-electron chi connectivity index (χ0n) is 53.5. The van der Waals surface area contributed by atoms with Gasteiger partial charge in [0.25, 0.3) is 6.33 Å². The van der Waals surface area contributed by atoms with Gasteiger partial charge in [-0.3, -0.25) is 4.57 Å². The fourth-order valence-corrected chi connectivity index (χ4v) is 12.7. The first-order valence-electron chi connectivity index (χ1n) is 31.6. The summed E-state index contributed by atoms with van der Waals surface area (Å²) in [5.41, 5.74) is 10.2. The van der Waals surface area contributed by atoms with Crippen LogP contribution in [0.3, 0.4) is 0 Å². The van der Waals surface area contributed by atoms with E-state index in [2.05, 4.69) is 132 Å². The molecule has 7 nitrogen and oxygen atoms in total. The fraction of sp³-hybridized carbons (Fsp3) is 0.0526. The number of benzene rings is 11. The summed E-state index contributed by atoms with van der Waals surface area (Å²) < 4.78 is 94.7. The molecule has 5 aromatic heterocycles. The van der Waals surface area contributed by atoms with E-state index < -0.39 is 42.3 Å². The molecule has 0 saturated carbocycles. The van der Waals surface area contributed by atoms with E-state index in [1.165, 1.54) is 0 Å². The van der Waals surface area contributed by atoms with E-state index in [0.29, 0.717) is 56.4 Å². The first-order chi connectivity index (χ1) is 44.1. The van der Waals surface area contributed by atoms with Gasteiger partial charge >= 0.3 is 0 Å². The SMILES string of the molecule is [2H]c1c([2H])c([2H])c2c(c1[2H])-c1cccc(-n3c4ccccc4c4ccccc43)c1-[n+]1[c-]n(-c3[c-]c(Oc4[c-]c5c(cc4)c4ccccc4n5-c4cc(C(C)(C)C)ccn4)ccc3)c3cc(-n4c5ccccc5c5ccccc54)cc(c31)-c1c([2H])c([2H])c([2H])c([2H])c1-2.[Pt]. The predicted octanol–water partition coefficient (Wildman–Crippen LogP) is 18.4. The van der Waals surface area contributed by atoms with Crippen LogP contribution in [-0.4, -0.2) is 23.3 Å². The summed E-state index contributed by atoms with van der Waals surface area (Å²) in [6.45, 7) is 6.56. The minimum atomic E-state index is -0.553. The maximum atomic E-state index is 10.2. The van der Waals surface area contributed by atoms with Crippen molar-refractivity contribution in [1.29, 1.82) is 0 Å². The molecule has 84 heavy (non-hydrogen) atoms. The average molecular weight is 1270 g/mol. The van der Waals surface area contributed by atoms with Crippen LogP contribution >= 0.6 is 0 Å². The second kappa shape index (κ2) is 19.0. The number of aromatic nitrogens is 6. The molecule has 0 amide bonds. The molecule has 0 unspecified atom stereocenters. The van der Waals surface area contributed by atoms with Gasteiger partial charge in [0.1, 0.15) is 5.82 Å². The van der Waals surface area contributed by atoms with Gasteiger partial charge < -0.3 is 23.0 Å². The molecule has 0 atom stereocenters. The Hall–Kier alpha value is -10.1. The molecule has 0 fully saturated rings. The smallest absolute Gasteiger partial charge is 0.268 e. The van der Waals surface area contributed by atoms with Gasteiger partial charge in [0, 0.05) is 71.5 Å². The largest absolute Gasteiger partial charge is 0.510 e. The van der Waals surface area contributed by atoms with E-state index in [-0.39, 0.29) is 54.8 Å². The Balaban J connectivity index is 0.00000673. The minimum absolute atomic E-state index is 0. The third-order valence-corrected chi connectivity index (χ3v) is 16.4. The van der Waals surface area contributed by atoms with Crippen molar-refractivity contribution in [2.24, 2.45) is 0 Å². The molecule has 1 aliphatic rings. The fourth-order valence-electron chi connectivity index (χ4n) is 12.7. The predicted molar refractivity (Wildman–Crippen MR) is 337 cm³/mol. The maximum absolute atomic E-state index is 10.2. The van der Waals surface area contributed by atoms with Crippen LogP contribution in [0.15, 0.2) is 249 Å². The standard InChI is InChI=1S/C76H50N6O.Pt/c1-76(2,3)48-40-41-77-73(42-48)82-69-36-17-12-30-61(69)62-39-38-52(46-71(62)82)83-51-21-18-20-49(43-51)78-47-79-74-63(31-19-37-70(74)81-67-34-15-10-28-59(67)60-29-11-16-35-68(60)81)55-24-6-4-22-53(55)54-23-5-7-25-56(54)64-44-50(45-72(78)75(64)79)80-65-32-13-8-26-57(65)58-27-9-14-33-66(58)80;/h4-42,44-45H,1-3H3;/q-2;/i4D,5D,6D,7D,22D,23D,24D,25D;. The summed E-state index contributed by atoms with van der Waals surface area (Å²) in [6.07, 6.45) is 5.67. The Kier molecular flexibility index (Phi) is 9.47. The van der Waals surface area contributed by atoms with Gasteiger partial charge in [-0.1, -0.05) is 178 Å². The second-order valence-corrected chi connectivity index (χ2v) is 22.1. The number of fused-ring (bicyclic) bond motifs is 16. The van der Waals surface area contributed by atoms with Gasteiger partial charge in [-0.05, 0) is 116 Å². The van der Waals surface area contributed by atoms with Crippen molar-refractivity contribution in [2.75, 3.05) is 0 Å². The van der Waals surface area contributed by atoms with E-state index in [1.54, 1.807) is 0 Å². The van der Waals surface area contributed by atoms with Crippen LogP contribution in [-0.2, 0) is 26.5 Å². The van der Waals surface area contributed by atoms with E-state index >= 15 is 0 Å². The van der Waals surface area contributed by atoms with E-state index in [9.17, 15) is 11.0 Å². The first-order valence-corrected chi connectivity index (χ1v) is 27.6. The number of pyridine rings is 1. The summed E-state index contributed by atoms with van der Waals surface area (Å²) in [7, 11) is 0. The molecule has 17 rings (SSSR count). The zero-order valence-corrected chi connectivity index (χ0v) is 47.7. The quantitative estimate of drug-likeness (QED) is 0.123. The van der Waals surface area contributed by atoms with E-state index in [4.69, 9.17) is 9.72 Å². The van der Waals surface area contributed by atoms with Crippen LogP contribution < -0.4 is 9.30 Å². The third kappa shape index (κ3) is 7.48. The van der Waals surface area contributed by atoms with Gasteiger partial charge in [-0.15, -0.1) is 29.7 Å². The molecule has 0 aliphatic carbocycles. The molecule has 0 bridgehead atoms. The van der Waals surface area contributed by atoms with Crippen LogP contribution in [0.25, 0.3) is 138 Å². The molecule has 0 saturated heterocycles. The van der Waals surface area contributed by atoms with Crippen molar-refractivity contribution in [3.63, 3.8) is 0 Å². The van der Waals surface area contributed by atoms with E-state index in [1.807, 2.05) is 131 Å². The summed E-state index contributed by atoms with van der Waals surface area (Å²) in [5, 5.41) is 5.99. The topological polar surface area (TPSA) is 45.7 Å². The van der Waals surface area contributed by atoms with Gasteiger partial charge in [0.05, 0.1) is 55.4 Å². The molecule has 11 aromatic carbocycles. The number of hydrogen-bond donors (Lipinski definition) is 0. The summed E-state index contributed by atoms with van der Waals surface area (Å²) in [6, 6.07) is 67.7. The minimum Gasteiger partial charge on any atom is -0.510 e. The molecule has 6 heterocycles. The summed E-state index contributed by atoms with van der Waals surface area (Å²) >= 11 is 0. The van der Waals surface area contributed by atoms with Crippen LogP contribution in [0.5, 0.6) is 11.5 Å². The molecule has 0 N–H and O–H groups in total. The third-order valence-electron chi connectivity index (χ3n) is 16.4. The number of nitrogens with zero attached hydrogens (tertiary/aromatic N) is 6. The summed E-state index contributed by atoms with van der Waals surface area (Å²) in [5.74, 6) is 1.55. The maximum Gasteiger partial charge on any atom is 0.268 e. The van der Waals surface area contributed by atoms with Crippen LogP contribution in [0.4, 0.5) is 0 Å². The molecule has 0 spiro atoms. The van der Waals surface area contributed by atoms with Crippen LogP contribution in [0.1, 0.15) is 37.3 Å². The average Bonchev–Trinajstić information content (AvgIpc) is 1.32. The van der Waals surface area contributed by atoms with Gasteiger partial charge in [-0.2, -0.15) is 18.2 Å². The molecule has 0 radical (unpaired) electrons. The molecule has 402 valence electrons. The van der Waals surface area contributed by atoms with Crippen molar-refractivity contribution >= 4 is 76.5 Å². The van der Waals surface area contributed by atoms with Crippen molar-refractivity contribution < 1.29 is 41.3 Å². The number of ether oxygens (including phenoxy) is 1. The Bertz CT molecular complexity index is 5770. The zero-order chi connectivity index (χ0) is 62.0. The van der Waals surface area contributed by atoms with Crippen molar-refractivity contribution in [3.8, 4) is 73.4 Å². The Morgan fingerprint density at radius 1 is 0.464 bits per heavy atom. The van der Waals surface area contributed by atoms with Gasteiger partial charge in [0.2, 0.25) is 0 Å². The van der Waals surface area contributed by atoms with Crippen LogP contribution in [0.2, 0.25) is 0 Å². The van der Waals surface area contributed by atoms with Gasteiger partial charge in [0.15, 0.2) is 0 Å². The molecule has 1 aliphatic heterocycles. The number of imidazole rings is 1. The van der Waals surface area contributed by atoms with E-state index in [0.717, 1.165) is 76.8 Å². The second-order valence-electron chi connectivity index (χ2n) is 22.1.